The van der Waals surface area contributed by atoms with Crippen molar-refractivity contribution >= 4 is 33.4 Å². The molecule has 1 amide bonds. The Morgan fingerprint density at radius 2 is 1.92 bits per heavy atom. The lowest BCUT2D eigenvalue weighted by molar-refractivity contribution is -0.130. The number of benzene rings is 3. The number of fused-ring (bicyclic) bond motifs is 3. The molecule has 9 nitrogen and oxygen atoms in total. The van der Waals surface area contributed by atoms with E-state index in [0.29, 0.717) is 5.39 Å². The monoisotopic (exact) mass is 698 g/mol. The van der Waals surface area contributed by atoms with Crippen LogP contribution < -0.4 is 9.64 Å². The van der Waals surface area contributed by atoms with Crippen molar-refractivity contribution in [2.24, 2.45) is 0 Å². The highest BCUT2D eigenvalue weighted by Gasteiger charge is 2.51. The first-order chi connectivity index (χ1) is 24.4. The fourth-order valence-corrected chi connectivity index (χ4v) is 8.10. The molecular formula is C38H34F4N6O3. The Hall–Kier alpha value is -5.40. The first-order valence-electron chi connectivity index (χ1n) is 16.7. The molecule has 0 unspecified atom stereocenters. The molecule has 7 rings (SSSR count). The molecular weight excluding hydrogens is 664 g/mol. The molecule has 1 atom stereocenters. The van der Waals surface area contributed by atoms with Crippen LogP contribution in [0.3, 0.4) is 0 Å². The summed E-state index contributed by atoms with van der Waals surface area (Å²) >= 11 is 0. The van der Waals surface area contributed by atoms with Gasteiger partial charge in [-0.2, -0.15) is 15.2 Å². The van der Waals surface area contributed by atoms with Crippen LogP contribution in [0.1, 0.15) is 43.2 Å². The molecule has 13 heteroatoms. The molecule has 1 aromatic heterocycles. The number of hydrogen-bond donors (Lipinski definition) is 1. The average Bonchev–Trinajstić information content (AvgIpc) is 3.78. The Balaban J connectivity index is 1.42. The minimum Gasteiger partial charge on any atom is -0.508 e. The number of nitrogens with zero attached hydrogens (tertiary/aromatic N) is 6. The number of halogens is 4. The number of aromatic hydroxyl groups is 1. The van der Waals surface area contributed by atoms with Crippen molar-refractivity contribution in [3.05, 3.63) is 65.7 Å². The Morgan fingerprint density at radius 3 is 2.61 bits per heavy atom. The van der Waals surface area contributed by atoms with Crippen molar-refractivity contribution in [2.45, 2.75) is 49.6 Å². The number of likely N-dealkylation sites (N-methyl/N-ethyl adjacent to an activating group) is 1. The highest BCUT2D eigenvalue weighted by molar-refractivity contribution is 6.05. The van der Waals surface area contributed by atoms with Gasteiger partial charge in [0.1, 0.15) is 35.6 Å². The maximum atomic E-state index is 17.2. The van der Waals surface area contributed by atoms with Gasteiger partial charge in [0.25, 0.3) is 5.92 Å². The Labute approximate surface area is 291 Å². The smallest absolute Gasteiger partial charge is 0.319 e. The van der Waals surface area contributed by atoms with Crippen molar-refractivity contribution < 1.29 is 32.2 Å². The van der Waals surface area contributed by atoms with E-state index in [0.717, 1.165) is 55.8 Å². The molecule has 0 radical (unpaired) electrons. The second-order valence-electron chi connectivity index (χ2n) is 13.5. The lowest BCUT2D eigenvalue weighted by Gasteiger charge is -2.32. The van der Waals surface area contributed by atoms with Crippen molar-refractivity contribution in [2.75, 3.05) is 44.7 Å². The summed E-state index contributed by atoms with van der Waals surface area (Å²) in [7, 11) is 1.48. The van der Waals surface area contributed by atoms with E-state index in [1.807, 2.05) is 6.07 Å². The fourth-order valence-electron chi connectivity index (χ4n) is 8.10. The van der Waals surface area contributed by atoms with Crippen LogP contribution in [0.15, 0.2) is 43.0 Å². The summed E-state index contributed by atoms with van der Waals surface area (Å²) in [6, 6.07) is 6.60. The van der Waals surface area contributed by atoms with Gasteiger partial charge >= 0.3 is 6.01 Å². The number of ether oxygens (including phenoxy) is 1. The molecule has 3 fully saturated rings. The van der Waals surface area contributed by atoms with E-state index in [-0.39, 0.29) is 74.8 Å². The van der Waals surface area contributed by atoms with Gasteiger partial charge < -0.3 is 19.6 Å². The zero-order valence-electron chi connectivity index (χ0n) is 27.9. The summed E-state index contributed by atoms with van der Waals surface area (Å²) in [5, 5.41) is 21.4. The van der Waals surface area contributed by atoms with Gasteiger partial charge in [-0.25, -0.2) is 17.6 Å². The van der Waals surface area contributed by atoms with E-state index in [1.165, 1.54) is 36.2 Å². The SMILES string of the molecule is C#Cc1c(F)ccc2cc(O)cc(-c3c(C#N)cc4c(N(C)C[C@H]5N(C(=O)C=C)CCC5(F)F)nc(OCC56CCCN5CCC6)nc4c3F)c12. The summed E-state index contributed by atoms with van der Waals surface area (Å²) in [6.07, 6.45) is 9.92. The molecule has 4 aromatic rings. The first kappa shape index (κ1) is 34.1. The van der Waals surface area contributed by atoms with Crippen LogP contribution in [-0.4, -0.2) is 88.1 Å². The third kappa shape index (κ3) is 5.66. The number of hydrogen-bond acceptors (Lipinski definition) is 8. The summed E-state index contributed by atoms with van der Waals surface area (Å²) < 4.78 is 68.8. The molecule has 0 spiro atoms. The number of terminal acetylenes is 1. The number of nitriles is 1. The minimum absolute atomic E-state index is 0.00558. The number of rotatable bonds is 8. The summed E-state index contributed by atoms with van der Waals surface area (Å²) in [6.45, 7) is 4.94. The number of alkyl halides is 2. The van der Waals surface area contributed by atoms with Gasteiger partial charge in [0.15, 0.2) is 5.82 Å². The van der Waals surface area contributed by atoms with Gasteiger partial charge in [-0.1, -0.05) is 18.6 Å². The highest BCUT2D eigenvalue weighted by atomic mass is 19.3. The standard InChI is InChI=1S/C38H34F4N6O3/c1-4-25-28(39)9-8-22-16-24(49)18-26(31(22)25)32-23(19-43)17-27-34(33(32)40)44-36(51-21-37-10-6-13-47(37)14-7-11-37)45-35(27)46(3)20-29-38(41,42)12-15-48(29)30(50)5-2/h1,5,8-9,16-18,29,49H,2,6-7,10-15,20-21H2,3H3/t29-/m1/s1. The highest BCUT2D eigenvalue weighted by Crippen LogP contribution is 2.43. The largest absolute Gasteiger partial charge is 0.508 e. The van der Waals surface area contributed by atoms with Crippen LogP contribution in [0.4, 0.5) is 23.4 Å². The number of carbonyl (C=O) groups is 1. The summed E-state index contributed by atoms with van der Waals surface area (Å²) in [5.74, 6) is -3.64. The Morgan fingerprint density at radius 1 is 1.18 bits per heavy atom. The van der Waals surface area contributed by atoms with Gasteiger partial charge in [-0.05, 0) is 80.1 Å². The number of carbonyl (C=O) groups excluding carboxylic acids is 1. The zero-order chi connectivity index (χ0) is 36.2. The molecule has 3 aliphatic heterocycles. The molecule has 0 saturated carbocycles. The van der Waals surface area contributed by atoms with Crippen LogP contribution in [0.25, 0.3) is 32.8 Å². The van der Waals surface area contributed by atoms with Crippen molar-refractivity contribution in [3.63, 3.8) is 0 Å². The van der Waals surface area contributed by atoms with Crippen LogP contribution >= 0.6 is 0 Å². The van der Waals surface area contributed by atoms with Crippen LogP contribution in [0, 0.1) is 35.3 Å². The van der Waals surface area contributed by atoms with E-state index >= 15 is 13.2 Å². The van der Waals surface area contributed by atoms with Gasteiger partial charge in [0, 0.05) is 42.9 Å². The van der Waals surface area contributed by atoms with Crippen LogP contribution in [0.5, 0.6) is 11.8 Å². The fraction of sp³-hybridized carbons (Fsp3) is 0.368. The Bertz CT molecular complexity index is 2190. The van der Waals surface area contributed by atoms with E-state index in [1.54, 1.807) is 0 Å². The number of aromatic nitrogens is 2. The molecule has 3 saturated heterocycles. The maximum absolute atomic E-state index is 17.2. The van der Waals surface area contributed by atoms with E-state index in [9.17, 15) is 19.6 Å². The van der Waals surface area contributed by atoms with Gasteiger partial charge in [0.2, 0.25) is 5.91 Å². The molecule has 3 aliphatic rings. The quantitative estimate of drug-likeness (QED) is 0.133. The van der Waals surface area contributed by atoms with E-state index in [2.05, 4.69) is 27.4 Å². The average molecular weight is 699 g/mol. The first-order valence-corrected chi connectivity index (χ1v) is 16.7. The van der Waals surface area contributed by atoms with Gasteiger partial charge in [-0.3, -0.25) is 9.69 Å². The third-order valence-electron chi connectivity index (χ3n) is 10.6. The van der Waals surface area contributed by atoms with Gasteiger partial charge in [0.05, 0.1) is 22.7 Å². The molecule has 262 valence electrons. The predicted octanol–water partition coefficient (Wildman–Crippen LogP) is 6.15. The number of phenolic OH excluding ortho intramolecular Hbond substituents is 1. The van der Waals surface area contributed by atoms with Crippen molar-refractivity contribution in [3.8, 4) is 41.3 Å². The molecule has 0 aliphatic carbocycles. The van der Waals surface area contributed by atoms with Gasteiger partial charge in [-0.15, -0.1) is 6.42 Å². The van der Waals surface area contributed by atoms with Crippen LogP contribution in [-0.2, 0) is 4.79 Å². The number of likely N-dealkylation sites (tertiary alicyclic amines) is 1. The number of amides is 1. The van der Waals surface area contributed by atoms with Crippen molar-refractivity contribution in [1.29, 1.82) is 5.26 Å². The normalized spacial score (nSPS) is 19.2. The Kier molecular flexibility index (Phi) is 8.51. The lowest BCUT2D eigenvalue weighted by atomic mass is 9.90. The van der Waals surface area contributed by atoms with E-state index < -0.39 is 42.5 Å². The third-order valence-corrected chi connectivity index (χ3v) is 10.6. The lowest BCUT2D eigenvalue weighted by Crippen LogP contribution is -2.48. The molecule has 51 heavy (non-hydrogen) atoms. The number of anilines is 1. The van der Waals surface area contributed by atoms with E-state index in [4.69, 9.17) is 11.2 Å². The topological polar surface area (TPSA) is 106 Å². The summed E-state index contributed by atoms with van der Waals surface area (Å²) in [5.41, 5.74) is -1.28. The predicted molar refractivity (Wildman–Crippen MR) is 184 cm³/mol. The summed E-state index contributed by atoms with van der Waals surface area (Å²) in [4.78, 5) is 26.4. The minimum atomic E-state index is -3.24. The second-order valence-corrected chi connectivity index (χ2v) is 13.5. The zero-order valence-corrected chi connectivity index (χ0v) is 27.9. The second kappa shape index (κ2) is 12.7. The maximum Gasteiger partial charge on any atom is 0.319 e. The molecule has 4 heterocycles. The molecule has 1 N–H and O–H groups in total. The number of phenols is 1. The van der Waals surface area contributed by atoms with Crippen molar-refractivity contribution in [1.82, 2.24) is 19.8 Å². The molecule has 0 bridgehead atoms. The molecule has 3 aromatic carbocycles. The van der Waals surface area contributed by atoms with Crippen LogP contribution in [0.2, 0.25) is 0 Å².